The normalized spacial score (nSPS) is 12.8. The summed E-state index contributed by atoms with van der Waals surface area (Å²) in [7, 11) is 0. The number of nitrogens with zero attached hydrogens (tertiary/aromatic N) is 1. The molecule has 0 amide bonds. The maximum atomic E-state index is 12.5. The fourth-order valence-corrected chi connectivity index (χ4v) is 1.98. The molecular formula is C14H17ClF3N. The highest BCUT2D eigenvalue weighted by Gasteiger charge is 2.34. The van der Waals surface area contributed by atoms with Crippen LogP contribution in [0.5, 0.6) is 0 Å². The molecule has 0 saturated carbocycles. The first-order valence-electron chi connectivity index (χ1n) is 6.32. The van der Waals surface area contributed by atoms with Crippen molar-refractivity contribution in [2.45, 2.75) is 45.7 Å². The molecule has 1 aromatic rings. The van der Waals surface area contributed by atoms with Gasteiger partial charge in [0.25, 0.3) is 0 Å². The lowest BCUT2D eigenvalue weighted by Gasteiger charge is -2.12. The van der Waals surface area contributed by atoms with E-state index in [1.165, 1.54) is 0 Å². The second kappa shape index (κ2) is 6.94. The van der Waals surface area contributed by atoms with Gasteiger partial charge in [0.05, 0.1) is 5.69 Å². The van der Waals surface area contributed by atoms with Crippen molar-refractivity contribution in [3.05, 3.63) is 29.3 Å². The zero-order valence-corrected chi connectivity index (χ0v) is 11.8. The van der Waals surface area contributed by atoms with Gasteiger partial charge in [-0.3, -0.25) is 0 Å². The summed E-state index contributed by atoms with van der Waals surface area (Å²) in [5.74, 6) is 0. The van der Waals surface area contributed by atoms with Gasteiger partial charge in [0.1, 0.15) is 0 Å². The Bertz CT molecular complexity index is 428. The molecule has 0 radical (unpaired) electrons. The van der Waals surface area contributed by atoms with Crippen molar-refractivity contribution in [2.24, 2.45) is 4.99 Å². The summed E-state index contributed by atoms with van der Waals surface area (Å²) in [4.78, 5) is 3.62. The molecule has 0 unspecified atom stereocenters. The number of hydrogen-bond donors (Lipinski definition) is 0. The highest BCUT2D eigenvalue weighted by atomic mass is 35.5. The van der Waals surface area contributed by atoms with E-state index in [-0.39, 0.29) is 0 Å². The predicted molar refractivity (Wildman–Crippen MR) is 73.4 cm³/mol. The van der Waals surface area contributed by atoms with Gasteiger partial charge >= 0.3 is 6.18 Å². The van der Waals surface area contributed by atoms with E-state index in [0.29, 0.717) is 18.5 Å². The monoisotopic (exact) mass is 291 g/mol. The molecule has 0 aliphatic carbocycles. The van der Waals surface area contributed by atoms with Crippen LogP contribution in [0, 0.1) is 0 Å². The minimum Gasteiger partial charge on any atom is -0.232 e. The van der Waals surface area contributed by atoms with Crippen molar-refractivity contribution >= 4 is 22.5 Å². The van der Waals surface area contributed by atoms with Gasteiger partial charge in [-0.15, -0.1) is 0 Å². The standard InChI is InChI=1S/C14H17ClF3N/c1-3-6-10-8-5-9-11(7-4-2)12(10)19-13(15)14(16,17)18/h5,8-9H,3-4,6-7H2,1-2H3/b19-13-. The summed E-state index contributed by atoms with van der Waals surface area (Å²) < 4.78 is 37.5. The van der Waals surface area contributed by atoms with Crippen LogP contribution in [0.25, 0.3) is 0 Å². The number of hydrogen-bond acceptors (Lipinski definition) is 1. The quantitative estimate of drug-likeness (QED) is 0.642. The van der Waals surface area contributed by atoms with Crippen molar-refractivity contribution < 1.29 is 13.2 Å². The summed E-state index contributed by atoms with van der Waals surface area (Å²) in [6.07, 6.45) is -1.51. The number of aliphatic imine (C=N–C) groups is 1. The Morgan fingerprint density at radius 1 is 1.11 bits per heavy atom. The smallest absolute Gasteiger partial charge is 0.232 e. The second-order valence-electron chi connectivity index (χ2n) is 4.33. The number of aryl methyl sites for hydroxylation is 2. The Hall–Kier alpha value is -1.03. The molecule has 0 bridgehead atoms. The molecule has 0 aliphatic rings. The second-order valence-corrected chi connectivity index (χ2v) is 4.68. The molecule has 1 rings (SSSR count). The number of benzene rings is 1. The molecule has 1 aromatic carbocycles. The lowest BCUT2D eigenvalue weighted by Crippen LogP contribution is -2.17. The molecule has 19 heavy (non-hydrogen) atoms. The Morgan fingerprint density at radius 2 is 1.58 bits per heavy atom. The summed E-state index contributed by atoms with van der Waals surface area (Å²) >= 11 is 5.26. The van der Waals surface area contributed by atoms with Crippen LogP contribution >= 0.6 is 11.6 Å². The van der Waals surface area contributed by atoms with Gasteiger partial charge < -0.3 is 0 Å². The first-order valence-corrected chi connectivity index (χ1v) is 6.70. The highest BCUT2D eigenvalue weighted by molar-refractivity contribution is 6.67. The van der Waals surface area contributed by atoms with Gasteiger partial charge in [-0.2, -0.15) is 13.2 Å². The van der Waals surface area contributed by atoms with E-state index in [1.54, 1.807) is 0 Å². The van der Waals surface area contributed by atoms with Gasteiger partial charge in [-0.05, 0) is 24.0 Å². The molecule has 0 spiro atoms. The minimum absolute atomic E-state index is 0.383. The van der Waals surface area contributed by atoms with Crippen molar-refractivity contribution in [3.8, 4) is 0 Å². The SMILES string of the molecule is CCCc1cccc(CCC)c1/N=C(\Cl)C(F)(F)F. The zero-order chi connectivity index (χ0) is 14.5. The van der Waals surface area contributed by atoms with Crippen molar-refractivity contribution in [3.63, 3.8) is 0 Å². The lowest BCUT2D eigenvalue weighted by atomic mass is 10.0. The van der Waals surface area contributed by atoms with Gasteiger partial charge in [-0.1, -0.05) is 56.5 Å². The Balaban J connectivity index is 3.28. The third kappa shape index (κ3) is 4.53. The molecule has 0 N–H and O–H groups in total. The maximum Gasteiger partial charge on any atom is 0.444 e. The number of halogens is 4. The van der Waals surface area contributed by atoms with Crippen molar-refractivity contribution in [2.75, 3.05) is 0 Å². The average Bonchev–Trinajstić information content (AvgIpc) is 2.32. The van der Waals surface area contributed by atoms with E-state index in [2.05, 4.69) is 4.99 Å². The van der Waals surface area contributed by atoms with E-state index >= 15 is 0 Å². The van der Waals surface area contributed by atoms with Crippen LogP contribution in [0.4, 0.5) is 18.9 Å². The summed E-state index contributed by atoms with van der Waals surface area (Å²) in [5.41, 5.74) is 2.01. The fourth-order valence-electron chi connectivity index (χ4n) is 1.89. The molecule has 0 atom stereocenters. The van der Waals surface area contributed by atoms with Crippen LogP contribution in [-0.2, 0) is 12.8 Å². The largest absolute Gasteiger partial charge is 0.444 e. The Morgan fingerprint density at radius 3 is 1.95 bits per heavy atom. The predicted octanol–water partition coefficient (Wildman–Crippen LogP) is 5.42. The van der Waals surface area contributed by atoms with Crippen molar-refractivity contribution in [1.82, 2.24) is 0 Å². The van der Waals surface area contributed by atoms with E-state index in [1.807, 2.05) is 32.0 Å². The van der Waals surface area contributed by atoms with Crippen LogP contribution in [0.3, 0.4) is 0 Å². The topological polar surface area (TPSA) is 12.4 Å². The number of alkyl halides is 3. The lowest BCUT2D eigenvalue weighted by molar-refractivity contribution is -0.0558. The van der Waals surface area contributed by atoms with E-state index in [9.17, 15) is 13.2 Å². The van der Waals surface area contributed by atoms with Crippen molar-refractivity contribution in [1.29, 1.82) is 0 Å². The molecule has 0 aliphatic heterocycles. The summed E-state index contributed by atoms with van der Waals surface area (Å²) in [5, 5.41) is -1.31. The Labute approximate surface area is 116 Å². The Kier molecular flexibility index (Phi) is 5.85. The maximum absolute atomic E-state index is 12.5. The number of rotatable bonds is 5. The van der Waals surface area contributed by atoms with Crippen LogP contribution in [-0.4, -0.2) is 11.3 Å². The highest BCUT2D eigenvalue weighted by Crippen LogP contribution is 2.30. The fraction of sp³-hybridized carbons (Fsp3) is 0.500. The van der Waals surface area contributed by atoms with E-state index in [4.69, 9.17) is 11.6 Å². The molecule has 0 fully saturated rings. The molecule has 5 heteroatoms. The van der Waals surface area contributed by atoms with Crippen LogP contribution in [0.2, 0.25) is 0 Å². The van der Waals surface area contributed by atoms with Crippen LogP contribution in [0.15, 0.2) is 23.2 Å². The number of para-hydroxylation sites is 1. The van der Waals surface area contributed by atoms with Crippen LogP contribution in [0.1, 0.15) is 37.8 Å². The first kappa shape index (κ1) is 16.0. The molecule has 0 heterocycles. The first-order chi connectivity index (χ1) is 8.90. The van der Waals surface area contributed by atoms with Gasteiger partial charge in [0.15, 0.2) is 0 Å². The third-order valence-corrected chi connectivity index (χ3v) is 2.98. The summed E-state index contributed by atoms with van der Waals surface area (Å²) in [6.45, 7) is 3.96. The van der Waals surface area contributed by atoms with E-state index in [0.717, 1.165) is 24.0 Å². The third-order valence-electron chi connectivity index (χ3n) is 2.69. The average molecular weight is 292 g/mol. The molecule has 0 aromatic heterocycles. The molecule has 1 nitrogen and oxygen atoms in total. The molecule has 106 valence electrons. The zero-order valence-electron chi connectivity index (χ0n) is 11.0. The van der Waals surface area contributed by atoms with Crippen LogP contribution < -0.4 is 0 Å². The van der Waals surface area contributed by atoms with Gasteiger partial charge in [-0.25, -0.2) is 4.99 Å². The van der Waals surface area contributed by atoms with E-state index < -0.39 is 11.3 Å². The molecule has 0 saturated heterocycles. The minimum atomic E-state index is -4.59. The molecular weight excluding hydrogens is 275 g/mol. The van der Waals surface area contributed by atoms with Gasteiger partial charge in [0, 0.05) is 0 Å². The summed E-state index contributed by atoms with van der Waals surface area (Å²) in [6, 6.07) is 5.47. The van der Waals surface area contributed by atoms with Gasteiger partial charge in [0.2, 0.25) is 5.17 Å².